The molecular formula is C11H13BrS. The molecule has 0 unspecified atom stereocenters. The van der Waals surface area contributed by atoms with Gasteiger partial charge in [-0.1, -0.05) is 22.5 Å². The fourth-order valence-corrected chi connectivity index (χ4v) is 3.44. The molecule has 0 spiro atoms. The van der Waals surface area contributed by atoms with Crippen LogP contribution < -0.4 is 0 Å². The number of hydrogen-bond donors (Lipinski definition) is 0. The second-order valence-electron chi connectivity index (χ2n) is 3.50. The van der Waals surface area contributed by atoms with Gasteiger partial charge in [-0.3, -0.25) is 0 Å². The number of halogens is 1. The minimum Gasteiger partial charge on any atom is -0.140 e. The summed E-state index contributed by atoms with van der Waals surface area (Å²) in [6.45, 7) is 4.05. The van der Waals surface area contributed by atoms with Gasteiger partial charge in [-0.15, -0.1) is 11.3 Å². The van der Waals surface area contributed by atoms with E-state index in [1.54, 1.807) is 10.4 Å². The lowest BCUT2D eigenvalue weighted by atomic mass is 9.99. The first-order valence-corrected chi connectivity index (χ1v) is 6.61. The molecule has 0 saturated heterocycles. The molecule has 1 aliphatic carbocycles. The fraction of sp³-hybridized carbons (Fsp3) is 0.455. The Morgan fingerprint density at radius 2 is 2.23 bits per heavy atom. The Hall–Kier alpha value is -0.0800. The maximum absolute atomic E-state index is 4.05. The number of rotatable bonds is 2. The van der Waals surface area contributed by atoms with E-state index in [-0.39, 0.29) is 0 Å². The van der Waals surface area contributed by atoms with E-state index in [0.717, 1.165) is 5.33 Å². The van der Waals surface area contributed by atoms with E-state index in [9.17, 15) is 0 Å². The molecule has 2 rings (SSSR count). The molecule has 1 aromatic heterocycles. The first kappa shape index (κ1) is 9.47. The second kappa shape index (κ2) is 3.97. The number of thiophene rings is 1. The van der Waals surface area contributed by atoms with Crippen LogP contribution in [0.4, 0.5) is 0 Å². The molecular weight excluding hydrogens is 244 g/mol. The number of alkyl halides is 1. The predicted molar refractivity (Wildman–Crippen MR) is 63.8 cm³/mol. The van der Waals surface area contributed by atoms with Crippen LogP contribution in [0.2, 0.25) is 0 Å². The van der Waals surface area contributed by atoms with Gasteiger partial charge in [0.2, 0.25) is 0 Å². The summed E-state index contributed by atoms with van der Waals surface area (Å²) in [6.07, 6.45) is 5.30. The van der Waals surface area contributed by atoms with E-state index in [0.29, 0.717) is 0 Å². The topological polar surface area (TPSA) is 0 Å². The monoisotopic (exact) mass is 256 g/mol. The second-order valence-corrected chi connectivity index (χ2v) is 5.20. The minimum atomic E-state index is 0.895. The van der Waals surface area contributed by atoms with E-state index in [1.165, 1.54) is 36.1 Å². The van der Waals surface area contributed by atoms with Crippen molar-refractivity contribution in [2.75, 3.05) is 5.33 Å². The minimum absolute atomic E-state index is 0.895. The average molecular weight is 257 g/mol. The summed E-state index contributed by atoms with van der Waals surface area (Å²) < 4.78 is 0. The molecule has 1 aromatic rings. The third-order valence-corrected chi connectivity index (χ3v) is 4.52. The third kappa shape index (κ3) is 1.89. The zero-order chi connectivity index (χ0) is 9.26. The smallest absolute Gasteiger partial charge is 0.0310 e. The summed E-state index contributed by atoms with van der Waals surface area (Å²) in [5.41, 5.74) is 2.80. The van der Waals surface area contributed by atoms with Crippen LogP contribution in [-0.4, -0.2) is 5.33 Å². The Labute approximate surface area is 91.8 Å². The molecule has 0 saturated carbocycles. The molecule has 1 heterocycles. The van der Waals surface area contributed by atoms with Gasteiger partial charge in [-0.25, -0.2) is 0 Å². The van der Waals surface area contributed by atoms with Crippen LogP contribution in [0.3, 0.4) is 0 Å². The van der Waals surface area contributed by atoms with Crippen LogP contribution >= 0.6 is 27.3 Å². The Morgan fingerprint density at radius 3 is 2.92 bits per heavy atom. The molecule has 0 bridgehead atoms. The van der Waals surface area contributed by atoms with Crippen molar-refractivity contribution in [3.8, 4) is 0 Å². The largest absolute Gasteiger partial charge is 0.140 e. The molecule has 13 heavy (non-hydrogen) atoms. The highest BCUT2D eigenvalue weighted by molar-refractivity contribution is 9.09. The molecule has 0 radical (unpaired) electrons. The number of allylic oxidation sites excluding steroid dienone is 1. The van der Waals surface area contributed by atoms with Crippen LogP contribution in [-0.2, 0) is 12.8 Å². The van der Waals surface area contributed by atoms with Gasteiger partial charge in [0.05, 0.1) is 0 Å². The average Bonchev–Trinajstić information content (AvgIpc) is 2.59. The lowest BCUT2D eigenvalue weighted by Gasteiger charge is -2.08. The van der Waals surface area contributed by atoms with Crippen molar-refractivity contribution in [1.82, 2.24) is 0 Å². The summed E-state index contributed by atoms with van der Waals surface area (Å²) in [5, 5.41) is 0.895. The Bertz CT molecular complexity index is 301. The number of hydrogen-bond acceptors (Lipinski definition) is 1. The molecule has 0 fully saturated rings. The van der Waals surface area contributed by atoms with Crippen molar-refractivity contribution in [3.05, 3.63) is 28.0 Å². The van der Waals surface area contributed by atoms with Crippen molar-refractivity contribution in [1.29, 1.82) is 0 Å². The van der Waals surface area contributed by atoms with Crippen molar-refractivity contribution < 1.29 is 0 Å². The SMILES string of the molecule is C=C(CBr)c1cc2c(s1)CCCC2. The zero-order valence-electron chi connectivity index (χ0n) is 7.61. The molecule has 2 heteroatoms. The fourth-order valence-electron chi connectivity index (χ4n) is 1.73. The molecule has 70 valence electrons. The molecule has 0 amide bonds. The first-order valence-electron chi connectivity index (χ1n) is 4.67. The maximum Gasteiger partial charge on any atom is 0.0310 e. The predicted octanol–water partition coefficient (Wildman–Crippen LogP) is 4.04. The summed E-state index contributed by atoms with van der Waals surface area (Å²) in [5.74, 6) is 0. The van der Waals surface area contributed by atoms with Gasteiger partial charge in [-0.05, 0) is 42.9 Å². The summed E-state index contributed by atoms with van der Waals surface area (Å²) >= 11 is 5.39. The molecule has 0 aliphatic heterocycles. The maximum atomic E-state index is 4.05. The number of fused-ring (bicyclic) bond motifs is 1. The van der Waals surface area contributed by atoms with E-state index in [1.807, 2.05) is 11.3 Å². The summed E-state index contributed by atoms with van der Waals surface area (Å²) in [6, 6.07) is 2.34. The lowest BCUT2D eigenvalue weighted by Crippen LogP contribution is -1.96. The summed E-state index contributed by atoms with van der Waals surface area (Å²) in [4.78, 5) is 2.98. The van der Waals surface area contributed by atoms with Crippen molar-refractivity contribution in [2.24, 2.45) is 0 Å². The van der Waals surface area contributed by atoms with Crippen LogP contribution in [0.15, 0.2) is 12.6 Å². The van der Waals surface area contributed by atoms with E-state index in [4.69, 9.17) is 0 Å². The van der Waals surface area contributed by atoms with Gasteiger partial charge >= 0.3 is 0 Å². The van der Waals surface area contributed by atoms with Gasteiger partial charge in [0.15, 0.2) is 0 Å². The van der Waals surface area contributed by atoms with E-state index < -0.39 is 0 Å². The highest BCUT2D eigenvalue weighted by Gasteiger charge is 2.13. The van der Waals surface area contributed by atoms with Crippen molar-refractivity contribution >= 4 is 32.8 Å². The standard InChI is InChI=1S/C11H13BrS/c1-8(7-12)11-6-9-4-2-3-5-10(9)13-11/h6H,1-5,7H2. The van der Waals surface area contributed by atoms with Crippen molar-refractivity contribution in [2.45, 2.75) is 25.7 Å². The van der Waals surface area contributed by atoms with Crippen molar-refractivity contribution in [3.63, 3.8) is 0 Å². The molecule has 0 atom stereocenters. The van der Waals surface area contributed by atoms with Crippen LogP contribution in [0.25, 0.3) is 5.57 Å². The highest BCUT2D eigenvalue weighted by Crippen LogP contribution is 2.33. The van der Waals surface area contributed by atoms with Crippen LogP contribution in [0.1, 0.15) is 28.2 Å². The lowest BCUT2D eigenvalue weighted by molar-refractivity contribution is 0.697. The van der Waals surface area contributed by atoms with Gasteiger partial charge in [0, 0.05) is 15.1 Å². The van der Waals surface area contributed by atoms with Crippen LogP contribution in [0.5, 0.6) is 0 Å². The first-order chi connectivity index (χ1) is 6.31. The van der Waals surface area contributed by atoms with Gasteiger partial charge in [-0.2, -0.15) is 0 Å². The Balaban J connectivity index is 2.30. The Morgan fingerprint density at radius 1 is 1.46 bits per heavy atom. The van der Waals surface area contributed by atoms with E-state index >= 15 is 0 Å². The normalized spacial score (nSPS) is 15.5. The highest BCUT2D eigenvalue weighted by atomic mass is 79.9. The molecule has 0 aromatic carbocycles. The summed E-state index contributed by atoms with van der Waals surface area (Å²) in [7, 11) is 0. The zero-order valence-corrected chi connectivity index (χ0v) is 10.0. The molecule has 1 aliphatic rings. The van der Waals surface area contributed by atoms with Gasteiger partial charge in [0.1, 0.15) is 0 Å². The van der Waals surface area contributed by atoms with Gasteiger partial charge < -0.3 is 0 Å². The quantitative estimate of drug-likeness (QED) is 0.701. The molecule has 0 N–H and O–H groups in total. The third-order valence-electron chi connectivity index (χ3n) is 2.51. The van der Waals surface area contributed by atoms with E-state index in [2.05, 4.69) is 28.6 Å². The van der Waals surface area contributed by atoms with Crippen LogP contribution in [0, 0.1) is 0 Å². The Kier molecular flexibility index (Phi) is 2.89. The molecule has 0 nitrogen and oxygen atoms in total. The number of aryl methyl sites for hydroxylation is 2. The van der Waals surface area contributed by atoms with Gasteiger partial charge in [0.25, 0.3) is 0 Å².